The molecule has 46 heavy (non-hydrogen) atoms. The number of fused-ring (bicyclic) bond motifs is 2. The Bertz CT molecular complexity index is 2060. The molecule has 0 heteroatoms. The van der Waals surface area contributed by atoms with Gasteiger partial charge in [-0.25, -0.2) is 0 Å². The van der Waals surface area contributed by atoms with Gasteiger partial charge in [0.2, 0.25) is 0 Å². The van der Waals surface area contributed by atoms with Crippen LogP contribution in [-0.2, 0) is 10.8 Å². The maximum atomic E-state index is 3.46. The van der Waals surface area contributed by atoms with Crippen LogP contribution in [0.15, 0.2) is 133 Å². The normalized spacial score (nSPS) is 24.3. The van der Waals surface area contributed by atoms with Crippen LogP contribution in [-0.4, -0.2) is 0 Å². The first-order chi connectivity index (χ1) is 22.6. The van der Waals surface area contributed by atoms with Crippen LogP contribution in [0.1, 0.15) is 71.9 Å². The van der Waals surface area contributed by atoms with Gasteiger partial charge in [-0.2, -0.15) is 0 Å². The topological polar surface area (TPSA) is 0 Å². The lowest BCUT2D eigenvalue weighted by Crippen LogP contribution is -2.55. The van der Waals surface area contributed by atoms with Crippen molar-refractivity contribution in [1.29, 1.82) is 0 Å². The molecule has 0 spiro atoms. The second-order valence-corrected chi connectivity index (χ2v) is 14.2. The van der Waals surface area contributed by atoms with Crippen LogP contribution < -0.4 is 0 Å². The Morgan fingerprint density at radius 3 is 1.35 bits per heavy atom. The van der Waals surface area contributed by atoms with E-state index in [1.54, 1.807) is 11.1 Å². The van der Waals surface area contributed by atoms with E-state index in [0.29, 0.717) is 0 Å². The first kappa shape index (κ1) is 27.3. The molecule has 0 radical (unpaired) electrons. The standard InChI is InChI=1S/C46H36/c1-3-9-33(10-4-1)17-19-37-13-7-15-39-26-41(21-23-43(37)39)45-28-35-25-36(29-45)31-46(30-35,32-45)42-22-24-44-38(14-8-16-40(44)27-42)20-18-34-11-5-2-6-12-34/h1-16,21-24,26-27,35-36H,25,28-32H2. The van der Waals surface area contributed by atoms with Gasteiger partial charge >= 0.3 is 0 Å². The van der Waals surface area contributed by atoms with E-state index in [1.807, 2.05) is 12.1 Å². The minimum absolute atomic E-state index is 0.252. The Balaban J connectivity index is 1.07. The SMILES string of the molecule is C(#Cc1cccc2cc(C34CC5CC(C3)CC(c3ccc6c(C#Cc7ccccc7)cccc6c3)(C5)C4)ccc12)c1ccccc1. The van der Waals surface area contributed by atoms with Gasteiger partial charge in [0.15, 0.2) is 0 Å². The summed E-state index contributed by atoms with van der Waals surface area (Å²) < 4.78 is 0. The Morgan fingerprint density at radius 1 is 0.435 bits per heavy atom. The number of benzene rings is 6. The molecule has 0 atom stereocenters. The zero-order valence-corrected chi connectivity index (χ0v) is 26.1. The van der Waals surface area contributed by atoms with E-state index < -0.39 is 0 Å². The van der Waals surface area contributed by atoms with Crippen LogP contribution in [0.3, 0.4) is 0 Å². The molecule has 4 fully saturated rings. The minimum Gasteiger partial charge on any atom is -0.0622 e. The molecule has 0 N–H and O–H groups in total. The quantitative estimate of drug-likeness (QED) is 0.177. The third-order valence-electron chi connectivity index (χ3n) is 11.3. The van der Waals surface area contributed by atoms with Gasteiger partial charge in [-0.1, -0.05) is 121 Å². The Morgan fingerprint density at radius 2 is 0.891 bits per heavy atom. The molecule has 0 unspecified atom stereocenters. The summed E-state index contributed by atoms with van der Waals surface area (Å²) in [6.07, 6.45) is 7.98. The molecule has 4 saturated carbocycles. The highest BCUT2D eigenvalue weighted by atomic mass is 14.6. The Labute approximate surface area is 272 Å². The summed E-state index contributed by atoms with van der Waals surface area (Å²) in [4.78, 5) is 0. The van der Waals surface area contributed by atoms with Crippen LogP contribution in [0.25, 0.3) is 21.5 Å². The van der Waals surface area contributed by atoms with Gasteiger partial charge in [0, 0.05) is 22.3 Å². The van der Waals surface area contributed by atoms with Gasteiger partial charge in [0.1, 0.15) is 0 Å². The third-order valence-corrected chi connectivity index (χ3v) is 11.3. The molecule has 0 nitrogen and oxygen atoms in total. The highest BCUT2D eigenvalue weighted by Gasteiger charge is 2.58. The van der Waals surface area contributed by atoms with Gasteiger partial charge in [0.25, 0.3) is 0 Å². The van der Waals surface area contributed by atoms with Crippen molar-refractivity contribution in [2.24, 2.45) is 11.8 Å². The minimum atomic E-state index is 0.252. The zero-order valence-electron chi connectivity index (χ0n) is 26.1. The molecule has 4 bridgehead atoms. The molecule has 0 aromatic heterocycles. The van der Waals surface area contributed by atoms with E-state index in [2.05, 4.69) is 145 Å². The second-order valence-electron chi connectivity index (χ2n) is 14.2. The zero-order chi connectivity index (χ0) is 30.6. The predicted molar refractivity (Wildman–Crippen MR) is 191 cm³/mol. The van der Waals surface area contributed by atoms with Crippen LogP contribution >= 0.6 is 0 Å². The van der Waals surface area contributed by atoms with E-state index in [-0.39, 0.29) is 10.8 Å². The van der Waals surface area contributed by atoms with Crippen molar-refractivity contribution in [2.45, 2.75) is 49.4 Å². The van der Waals surface area contributed by atoms with E-state index in [9.17, 15) is 0 Å². The highest BCUT2D eigenvalue weighted by molar-refractivity contribution is 5.90. The summed E-state index contributed by atoms with van der Waals surface area (Å²) in [5, 5.41) is 5.15. The molecule has 6 aromatic carbocycles. The van der Waals surface area contributed by atoms with Crippen LogP contribution in [0.5, 0.6) is 0 Å². The van der Waals surface area contributed by atoms with Crippen molar-refractivity contribution in [3.8, 4) is 23.7 Å². The fraction of sp³-hybridized carbons (Fsp3) is 0.217. The van der Waals surface area contributed by atoms with Crippen molar-refractivity contribution in [3.63, 3.8) is 0 Å². The van der Waals surface area contributed by atoms with E-state index >= 15 is 0 Å². The average Bonchev–Trinajstić information content (AvgIpc) is 3.09. The molecule has 10 rings (SSSR count). The molecule has 0 saturated heterocycles. The summed E-state index contributed by atoms with van der Waals surface area (Å²) in [5.41, 5.74) is 7.93. The number of hydrogen-bond acceptors (Lipinski definition) is 0. The molecular weight excluding hydrogens is 553 g/mol. The van der Waals surface area contributed by atoms with Gasteiger partial charge in [0.05, 0.1) is 0 Å². The summed E-state index contributed by atoms with van der Waals surface area (Å²) in [6, 6.07) is 48.5. The van der Waals surface area contributed by atoms with Gasteiger partial charge in [-0.15, -0.1) is 0 Å². The molecule has 0 amide bonds. The molecule has 220 valence electrons. The predicted octanol–water partition coefficient (Wildman–Crippen LogP) is 10.6. The van der Waals surface area contributed by atoms with Crippen molar-refractivity contribution in [2.75, 3.05) is 0 Å². The maximum absolute atomic E-state index is 3.46. The fourth-order valence-corrected chi connectivity index (χ4v) is 9.71. The lowest BCUT2D eigenvalue weighted by molar-refractivity contribution is -0.0280. The van der Waals surface area contributed by atoms with Crippen LogP contribution in [0, 0.1) is 35.5 Å². The average molecular weight is 589 g/mol. The smallest absolute Gasteiger partial charge is 0.0327 e. The molecule has 0 heterocycles. The fourth-order valence-electron chi connectivity index (χ4n) is 9.71. The van der Waals surface area contributed by atoms with Crippen molar-refractivity contribution >= 4 is 21.5 Å². The molecule has 4 aliphatic rings. The largest absolute Gasteiger partial charge is 0.0622 e. The summed E-state index contributed by atoms with van der Waals surface area (Å²) in [7, 11) is 0. The number of rotatable bonds is 2. The van der Waals surface area contributed by atoms with Gasteiger partial charge < -0.3 is 0 Å². The lowest BCUT2D eigenvalue weighted by Gasteiger charge is -2.63. The monoisotopic (exact) mass is 588 g/mol. The summed E-state index contributed by atoms with van der Waals surface area (Å²) in [5.74, 6) is 15.3. The van der Waals surface area contributed by atoms with Crippen molar-refractivity contribution in [1.82, 2.24) is 0 Å². The van der Waals surface area contributed by atoms with E-state index in [1.165, 1.54) is 60.1 Å². The lowest BCUT2D eigenvalue weighted by atomic mass is 9.41. The molecular formula is C46H36. The van der Waals surface area contributed by atoms with E-state index in [4.69, 9.17) is 0 Å². The molecule has 6 aromatic rings. The van der Waals surface area contributed by atoms with Crippen molar-refractivity contribution < 1.29 is 0 Å². The number of hydrogen-bond donors (Lipinski definition) is 0. The Kier molecular flexibility index (Phi) is 6.40. The first-order valence-corrected chi connectivity index (χ1v) is 16.9. The molecule has 4 aliphatic carbocycles. The second kappa shape index (κ2) is 10.8. The van der Waals surface area contributed by atoms with Crippen LogP contribution in [0.4, 0.5) is 0 Å². The first-order valence-electron chi connectivity index (χ1n) is 16.9. The van der Waals surface area contributed by atoms with E-state index in [0.717, 1.165) is 34.1 Å². The summed E-state index contributed by atoms with van der Waals surface area (Å²) >= 11 is 0. The third kappa shape index (κ3) is 4.73. The highest BCUT2D eigenvalue weighted by Crippen LogP contribution is 2.66. The summed E-state index contributed by atoms with van der Waals surface area (Å²) in [6.45, 7) is 0. The molecule has 0 aliphatic heterocycles. The van der Waals surface area contributed by atoms with Gasteiger partial charge in [-0.05, 0) is 130 Å². The van der Waals surface area contributed by atoms with Crippen LogP contribution in [0.2, 0.25) is 0 Å². The van der Waals surface area contributed by atoms with Crippen molar-refractivity contribution in [3.05, 3.63) is 167 Å². The van der Waals surface area contributed by atoms with Gasteiger partial charge in [-0.3, -0.25) is 0 Å². The Hall–Kier alpha value is -5.04. The maximum Gasteiger partial charge on any atom is 0.0327 e.